The van der Waals surface area contributed by atoms with E-state index < -0.39 is 5.60 Å². The second kappa shape index (κ2) is 6.32. The molecule has 3 nitrogen and oxygen atoms in total. The van der Waals surface area contributed by atoms with Gasteiger partial charge in [-0.05, 0) is 20.8 Å². The molecule has 0 aliphatic carbocycles. The Labute approximate surface area is 90.4 Å². The van der Waals surface area contributed by atoms with Gasteiger partial charge >= 0.3 is 0 Å². The highest BCUT2D eigenvalue weighted by atomic mass is 16.3. The molecule has 0 aromatic heterocycles. The first-order valence-electron chi connectivity index (χ1n) is 4.86. The number of carbonyl (C=O) groups is 1. The van der Waals surface area contributed by atoms with E-state index in [1.807, 2.05) is 6.07 Å². The Morgan fingerprint density at radius 3 is 2.00 bits per heavy atom. The molecule has 0 spiro atoms. The van der Waals surface area contributed by atoms with Crippen LogP contribution in [0.1, 0.15) is 31.1 Å². The summed E-state index contributed by atoms with van der Waals surface area (Å²) in [7, 11) is 0. The molecule has 0 saturated heterocycles. The van der Waals surface area contributed by atoms with Gasteiger partial charge in [0.25, 0.3) is 0 Å². The van der Waals surface area contributed by atoms with Crippen LogP contribution in [0.25, 0.3) is 0 Å². The van der Waals surface area contributed by atoms with Crippen LogP contribution < -0.4 is 0 Å². The summed E-state index contributed by atoms with van der Waals surface area (Å²) < 4.78 is 0. The maximum absolute atomic E-state index is 11.4. The first kappa shape index (κ1) is 13.8. The lowest BCUT2D eigenvalue weighted by atomic mass is 9.97. The molecule has 84 valence electrons. The zero-order valence-electron chi connectivity index (χ0n) is 9.40. The minimum absolute atomic E-state index is 0.247. The van der Waals surface area contributed by atoms with Gasteiger partial charge in [-0.25, -0.2) is 0 Å². The zero-order chi connectivity index (χ0) is 11.9. The summed E-state index contributed by atoms with van der Waals surface area (Å²) in [6.45, 7) is 4.91. The van der Waals surface area contributed by atoms with Crippen molar-refractivity contribution in [1.82, 2.24) is 0 Å². The molecule has 0 fully saturated rings. The molecule has 3 heteroatoms. The third kappa shape index (κ3) is 5.30. The van der Waals surface area contributed by atoms with Crippen LogP contribution in [-0.4, -0.2) is 28.2 Å². The number of ketones is 1. The number of rotatable bonds is 2. The fourth-order valence-corrected chi connectivity index (χ4v) is 0.943. The summed E-state index contributed by atoms with van der Waals surface area (Å²) >= 11 is 0. The number of Topliss-reactive ketones (excluding diaryl/α,β-unsaturated/α-hetero) is 1. The second-order valence-corrected chi connectivity index (χ2v) is 3.57. The standard InChI is InChI=1S/C10H12O2.C2H6O/c1-10(2,12)9(11)8-6-4-3-5-7-8;1-2-3/h3-7,12H,1-2H3;3H,2H2,1H3. The minimum atomic E-state index is -1.28. The minimum Gasteiger partial charge on any atom is -0.397 e. The number of hydrogen-bond donors (Lipinski definition) is 2. The Hall–Kier alpha value is -1.19. The number of benzene rings is 1. The van der Waals surface area contributed by atoms with Crippen LogP contribution in [-0.2, 0) is 0 Å². The fraction of sp³-hybridized carbons (Fsp3) is 0.417. The maximum Gasteiger partial charge on any atom is 0.193 e. The van der Waals surface area contributed by atoms with E-state index in [1.54, 1.807) is 31.2 Å². The third-order valence-corrected chi connectivity index (χ3v) is 1.59. The van der Waals surface area contributed by atoms with E-state index in [-0.39, 0.29) is 12.4 Å². The van der Waals surface area contributed by atoms with Crippen LogP contribution >= 0.6 is 0 Å². The quantitative estimate of drug-likeness (QED) is 0.729. The van der Waals surface area contributed by atoms with Crippen LogP contribution in [0.3, 0.4) is 0 Å². The van der Waals surface area contributed by atoms with E-state index >= 15 is 0 Å². The Morgan fingerprint density at radius 2 is 1.67 bits per heavy atom. The summed E-state index contributed by atoms with van der Waals surface area (Å²) in [5.74, 6) is -0.247. The molecular weight excluding hydrogens is 192 g/mol. The van der Waals surface area contributed by atoms with Gasteiger partial charge in [0, 0.05) is 12.2 Å². The molecule has 0 radical (unpaired) electrons. The highest BCUT2D eigenvalue weighted by Gasteiger charge is 2.24. The van der Waals surface area contributed by atoms with Gasteiger partial charge in [-0.1, -0.05) is 30.3 Å². The number of aliphatic hydroxyl groups is 2. The fourth-order valence-electron chi connectivity index (χ4n) is 0.943. The summed E-state index contributed by atoms with van der Waals surface area (Å²) in [6, 6.07) is 8.78. The van der Waals surface area contributed by atoms with E-state index in [0.717, 1.165) is 0 Å². The van der Waals surface area contributed by atoms with Crippen LogP contribution in [0.5, 0.6) is 0 Å². The van der Waals surface area contributed by atoms with Crippen molar-refractivity contribution in [3.63, 3.8) is 0 Å². The lowest BCUT2D eigenvalue weighted by Crippen LogP contribution is -2.30. The van der Waals surface area contributed by atoms with Gasteiger partial charge in [0.05, 0.1) is 0 Å². The summed E-state index contributed by atoms with van der Waals surface area (Å²) in [4.78, 5) is 11.4. The number of carbonyl (C=O) groups excluding carboxylic acids is 1. The lowest BCUT2D eigenvalue weighted by molar-refractivity contribution is 0.0488. The smallest absolute Gasteiger partial charge is 0.193 e. The SMILES string of the molecule is CC(C)(O)C(=O)c1ccccc1.CCO. The molecule has 15 heavy (non-hydrogen) atoms. The van der Waals surface area contributed by atoms with Crippen molar-refractivity contribution in [2.45, 2.75) is 26.4 Å². The van der Waals surface area contributed by atoms with Crippen molar-refractivity contribution in [3.05, 3.63) is 35.9 Å². The molecule has 1 aromatic carbocycles. The zero-order valence-corrected chi connectivity index (χ0v) is 9.40. The van der Waals surface area contributed by atoms with Gasteiger partial charge in [0.2, 0.25) is 0 Å². The average molecular weight is 210 g/mol. The highest BCUT2D eigenvalue weighted by molar-refractivity contribution is 6.01. The van der Waals surface area contributed by atoms with E-state index in [4.69, 9.17) is 5.11 Å². The lowest BCUT2D eigenvalue weighted by Gasteiger charge is -2.14. The Bertz CT molecular complexity index is 285. The van der Waals surface area contributed by atoms with Crippen molar-refractivity contribution in [1.29, 1.82) is 0 Å². The largest absolute Gasteiger partial charge is 0.397 e. The molecule has 0 aliphatic heterocycles. The van der Waals surface area contributed by atoms with Gasteiger partial charge in [-0.15, -0.1) is 0 Å². The first-order valence-corrected chi connectivity index (χ1v) is 4.86. The van der Waals surface area contributed by atoms with E-state index in [0.29, 0.717) is 5.56 Å². The predicted molar refractivity (Wildman–Crippen MR) is 59.8 cm³/mol. The Kier molecular flexibility index (Phi) is 5.82. The Balaban J connectivity index is 0.000000583. The molecular formula is C12H18O3. The summed E-state index contributed by atoms with van der Waals surface area (Å²) in [6.07, 6.45) is 0. The summed E-state index contributed by atoms with van der Waals surface area (Å²) in [5, 5.41) is 17.0. The Morgan fingerprint density at radius 1 is 1.27 bits per heavy atom. The van der Waals surface area contributed by atoms with Gasteiger partial charge in [0.15, 0.2) is 5.78 Å². The van der Waals surface area contributed by atoms with E-state index in [1.165, 1.54) is 13.8 Å². The molecule has 0 heterocycles. The molecule has 2 N–H and O–H groups in total. The molecule has 0 aliphatic rings. The van der Waals surface area contributed by atoms with Crippen LogP contribution in [0.2, 0.25) is 0 Å². The average Bonchev–Trinajstić information content (AvgIpc) is 2.18. The molecule has 0 amide bonds. The van der Waals surface area contributed by atoms with Gasteiger partial charge < -0.3 is 10.2 Å². The molecule has 1 aromatic rings. The highest BCUT2D eigenvalue weighted by Crippen LogP contribution is 2.11. The van der Waals surface area contributed by atoms with Crippen LogP contribution in [0.15, 0.2) is 30.3 Å². The molecule has 1 rings (SSSR count). The molecule has 0 atom stereocenters. The number of aliphatic hydroxyl groups excluding tert-OH is 1. The normalized spacial score (nSPS) is 10.2. The second-order valence-electron chi connectivity index (χ2n) is 3.57. The van der Waals surface area contributed by atoms with Gasteiger partial charge in [-0.2, -0.15) is 0 Å². The van der Waals surface area contributed by atoms with E-state index in [9.17, 15) is 9.90 Å². The third-order valence-electron chi connectivity index (χ3n) is 1.59. The van der Waals surface area contributed by atoms with Crippen molar-refractivity contribution in [2.24, 2.45) is 0 Å². The summed E-state index contributed by atoms with van der Waals surface area (Å²) in [5.41, 5.74) is -0.730. The topological polar surface area (TPSA) is 57.5 Å². The molecule has 0 bridgehead atoms. The number of hydrogen-bond acceptors (Lipinski definition) is 3. The predicted octanol–water partition coefficient (Wildman–Crippen LogP) is 1.64. The monoisotopic (exact) mass is 210 g/mol. The van der Waals surface area contributed by atoms with E-state index in [2.05, 4.69) is 0 Å². The maximum atomic E-state index is 11.4. The van der Waals surface area contributed by atoms with Crippen LogP contribution in [0.4, 0.5) is 0 Å². The molecule has 0 unspecified atom stereocenters. The van der Waals surface area contributed by atoms with Crippen molar-refractivity contribution in [3.8, 4) is 0 Å². The van der Waals surface area contributed by atoms with Crippen molar-refractivity contribution in [2.75, 3.05) is 6.61 Å². The van der Waals surface area contributed by atoms with Gasteiger partial charge in [0.1, 0.15) is 5.60 Å². The van der Waals surface area contributed by atoms with Crippen molar-refractivity contribution >= 4 is 5.78 Å². The van der Waals surface area contributed by atoms with Crippen molar-refractivity contribution < 1.29 is 15.0 Å². The van der Waals surface area contributed by atoms with Gasteiger partial charge in [-0.3, -0.25) is 4.79 Å². The first-order chi connectivity index (χ1) is 6.93. The van der Waals surface area contributed by atoms with Crippen LogP contribution in [0, 0.1) is 0 Å². The molecule has 0 saturated carbocycles.